The molecule has 5 N–H and O–H groups in total. The molecule has 102 valence electrons. The van der Waals surface area contributed by atoms with Crippen LogP contribution in [0.3, 0.4) is 0 Å². The minimum absolute atomic E-state index is 0.508. The molecule has 0 bridgehead atoms. The number of aliphatic hydroxyl groups excluding tert-OH is 4. The van der Waals surface area contributed by atoms with Crippen molar-refractivity contribution >= 4 is 5.91 Å². The van der Waals surface area contributed by atoms with Crippen LogP contribution in [0.15, 0.2) is 5.11 Å². The zero-order chi connectivity index (χ0) is 13.7. The fraction of sp³-hybridized carbons (Fsp3) is 0.875. The van der Waals surface area contributed by atoms with Crippen LogP contribution in [0.1, 0.15) is 0 Å². The van der Waals surface area contributed by atoms with Crippen LogP contribution in [0.25, 0.3) is 10.4 Å². The number of aliphatic hydroxyl groups is 4. The summed E-state index contributed by atoms with van der Waals surface area (Å²) in [6.45, 7) is -1.10. The molecule has 1 fully saturated rings. The number of carbonyl (C=O) groups excluding carboxylic acids is 1. The number of hydrogen-bond acceptors (Lipinski definition) is 7. The Kier molecular flexibility index (Phi) is 5.28. The van der Waals surface area contributed by atoms with Gasteiger partial charge in [-0.3, -0.25) is 4.79 Å². The molecular weight excluding hydrogens is 248 g/mol. The summed E-state index contributed by atoms with van der Waals surface area (Å²) < 4.78 is 4.81. The van der Waals surface area contributed by atoms with E-state index in [0.717, 1.165) is 0 Å². The van der Waals surface area contributed by atoms with Crippen molar-refractivity contribution in [3.05, 3.63) is 10.4 Å². The molecule has 10 nitrogen and oxygen atoms in total. The van der Waals surface area contributed by atoms with Gasteiger partial charge in [-0.25, -0.2) is 0 Å². The quantitative estimate of drug-likeness (QED) is 0.208. The van der Waals surface area contributed by atoms with E-state index in [2.05, 4.69) is 15.3 Å². The molecule has 5 atom stereocenters. The van der Waals surface area contributed by atoms with E-state index in [-0.39, 0.29) is 0 Å². The standard InChI is InChI=1S/C8H14N4O6/c9-12-10-1-4(14)11-5-7(16)6(15)3(2-13)18-8(5)17/h3,5-8,13,15-17H,1-2H2,(H,11,14)/t3?,5?,6-,7?,8-/m1/s1. The molecule has 1 saturated heterocycles. The van der Waals surface area contributed by atoms with E-state index in [9.17, 15) is 20.1 Å². The highest BCUT2D eigenvalue weighted by atomic mass is 16.6. The lowest BCUT2D eigenvalue weighted by Crippen LogP contribution is -2.64. The Hall–Kier alpha value is -1.42. The van der Waals surface area contributed by atoms with Gasteiger partial charge in [0, 0.05) is 4.91 Å². The minimum Gasteiger partial charge on any atom is -0.394 e. The molecule has 1 aliphatic rings. The predicted octanol–water partition coefficient (Wildman–Crippen LogP) is -2.79. The van der Waals surface area contributed by atoms with Crippen LogP contribution in [0, 0.1) is 0 Å². The highest BCUT2D eigenvalue weighted by Crippen LogP contribution is 2.19. The monoisotopic (exact) mass is 262 g/mol. The number of hydrogen-bond donors (Lipinski definition) is 5. The molecule has 10 heteroatoms. The third-order valence-electron chi connectivity index (χ3n) is 2.51. The molecule has 18 heavy (non-hydrogen) atoms. The van der Waals surface area contributed by atoms with Crippen molar-refractivity contribution in [2.45, 2.75) is 30.6 Å². The van der Waals surface area contributed by atoms with Gasteiger partial charge in [0.15, 0.2) is 6.29 Å². The minimum atomic E-state index is -1.59. The van der Waals surface area contributed by atoms with Crippen molar-refractivity contribution in [3.8, 4) is 0 Å². The third-order valence-corrected chi connectivity index (χ3v) is 2.51. The van der Waals surface area contributed by atoms with Crippen LogP contribution in [0.2, 0.25) is 0 Å². The highest BCUT2D eigenvalue weighted by molar-refractivity contribution is 5.78. The Balaban J connectivity index is 2.64. The van der Waals surface area contributed by atoms with Gasteiger partial charge in [-0.05, 0) is 5.53 Å². The summed E-state index contributed by atoms with van der Waals surface area (Å²) >= 11 is 0. The lowest BCUT2D eigenvalue weighted by atomic mass is 9.97. The second kappa shape index (κ2) is 6.50. The normalized spacial score (nSPS) is 35.7. The van der Waals surface area contributed by atoms with Gasteiger partial charge in [0.05, 0.1) is 6.61 Å². The molecule has 0 radical (unpaired) electrons. The van der Waals surface area contributed by atoms with Crippen molar-refractivity contribution in [2.24, 2.45) is 5.11 Å². The Morgan fingerprint density at radius 2 is 2.06 bits per heavy atom. The van der Waals surface area contributed by atoms with Gasteiger partial charge in [0.25, 0.3) is 0 Å². The molecule has 0 aromatic rings. The van der Waals surface area contributed by atoms with Crippen molar-refractivity contribution in [3.63, 3.8) is 0 Å². The first-order valence-electron chi connectivity index (χ1n) is 5.12. The molecule has 1 rings (SSSR count). The lowest BCUT2D eigenvalue weighted by molar-refractivity contribution is -0.253. The molecule has 1 aliphatic heterocycles. The smallest absolute Gasteiger partial charge is 0.226 e. The predicted molar refractivity (Wildman–Crippen MR) is 55.9 cm³/mol. The number of nitrogens with zero attached hydrogens (tertiary/aromatic N) is 3. The summed E-state index contributed by atoms with van der Waals surface area (Å²) in [6, 6.07) is -1.27. The number of amides is 1. The Labute approximate surface area is 101 Å². The number of azide groups is 1. The Morgan fingerprint density at radius 3 is 2.61 bits per heavy atom. The zero-order valence-electron chi connectivity index (χ0n) is 9.25. The van der Waals surface area contributed by atoms with Gasteiger partial charge in [0.1, 0.15) is 30.9 Å². The summed E-state index contributed by atoms with van der Waals surface area (Å²) in [5, 5.41) is 42.7. The van der Waals surface area contributed by atoms with E-state index in [1.54, 1.807) is 0 Å². The summed E-state index contributed by atoms with van der Waals surface area (Å²) in [5.74, 6) is -0.742. The largest absolute Gasteiger partial charge is 0.394 e. The average molecular weight is 262 g/mol. The van der Waals surface area contributed by atoms with E-state index < -0.39 is 49.7 Å². The van der Waals surface area contributed by atoms with Crippen LogP contribution in [0.5, 0.6) is 0 Å². The highest BCUT2D eigenvalue weighted by Gasteiger charge is 2.44. The summed E-state index contributed by atoms with van der Waals surface area (Å²) in [7, 11) is 0. The first-order chi connectivity index (χ1) is 8.51. The van der Waals surface area contributed by atoms with Crippen LogP contribution >= 0.6 is 0 Å². The molecule has 1 heterocycles. The molecule has 1 amide bonds. The zero-order valence-corrected chi connectivity index (χ0v) is 9.25. The molecule has 0 spiro atoms. The fourth-order valence-corrected chi connectivity index (χ4v) is 1.58. The first kappa shape index (κ1) is 14.6. The Bertz CT molecular complexity index is 346. The molecule has 0 saturated carbocycles. The first-order valence-corrected chi connectivity index (χ1v) is 5.12. The molecule has 0 aromatic heterocycles. The fourth-order valence-electron chi connectivity index (χ4n) is 1.58. The second-order valence-electron chi connectivity index (χ2n) is 3.71. The van der Waals surface area contributed by atoms with Crippen molar-refractivity contribution < 1.29 is 30.0 Å². The molecule has 3 unspecified atom stereocenters. The van der Waals surface area contributed by atoms with Gasteiger partial charge < -0.3 is 30.5 Å². The summed E-state index contributed by atoms with van der Waals surface area (Å²) in [4.78, 5) is 13.6. The lowest BCUT2D eigenvalue weighted by Gasteiger charge is -2.40. The number of ether oxygens (including phenoxy) is 1. The van der Waals surface area contributed by atoms with Crippen LogP contribution in [-0.4, -0.2) is 70.1 Å². The van der Waals surface area contributed by atoms with Gasteiger partial charge >= 0.3 is 0 Å². The van der Waals surface area contributed by atoms with E-state index in [4.69, 9.17) is 15.4 Å². The summed E-state index contributed by atoms with van der Waals surface area (Å²) in [6.07, 6.45) is -5.69. The van der Waals surface area contributed by atoms with E-state index in [1.807, 2.05) is 0 Å². The van der Waals surface area contributed by atoms with Gasteiger partial charge in [-0.1, -0.05) is 5.11 Å². The summed E-state index contributed by atoms with van der Waals surface area (Å²) in [5.41, 5.74) is 8.02. The van der Waals surface area contributed by atoms with Crippen LogP contribution in [0.4, 0.5) is 0 Å². The van der Waals surface area contributed by atoms with Crippen molar-refractivity contribution in [1.82, 2.24) is 5.32 Å². The van der Waals surface area contributed by atoms with Crippen LogP contribution < -0.4 is 5.32 Å². The number of carbonyl (C=O) groups is 1. The van der Waals surface area contributed by atoms with Crippen molar-refractivity contribution in [2.75, 3.05) is 13.2 Å². The van der Waals surface area contributed by atoms with E-state index >= 15 is 0 Å². The van der Waals surface area contributed by atoms with E-state index in [1.165, 1.54) is 0 Å². The SMILES string of the molecule is [N-]=[N+]=NCC(=O)NC1C(O)[C@H](O)C(CO)O[C@H]1O. The van der Waals surface area contributed by atoms with E-state index in [0.29, 0.717) is 0 Å². The Morgan fingerprint density at radius 1 is 1.39 bits per heavy atom. The van der Waals surface area contributed by atoms with Crippen LogP contribution in [-0.2, 0) is 9.53 Å². The maximum Gasteiger partial charge on any atom is 0.226 e. The maximum absolute atomic E-state index is 11.2. The maximum atomic E-state index is 11.2. The van der Waals surface area contributed by atoms with Gasteiger partial charge in [-0.15, -0.1) is 0 Å². The third kappa shape index (κ3) is 3.29. The van der Waals surface area contributed by atoms with Gasteiger partial charge in [-0.2, -0.15) is 0 Å². The van der Waals surface area contributed by atoms with Crippen molar-refractivity contribution in [1.29, 1.82) is 0 Å². The molecule has 0 aliphatic carbocycles. The van der Waals surface area contributed by atoms with Gasteiger partial charge in [0.2, 0.25) is 5.91 Å². The second-order valence-corrected chi connectivity index (χ2v) is 3.71. The molecule has 0 aromatic carbocycles. The molecular formula is C8H14N4O6. The number of rotatable bonds is 4. The number of nitrogens with one attached hydrogen (secondary N) is 1. The average Bonchev–Trinajstić information content (AvgIpc) is 2.36. The topological polar surface area (TPSA) is 168 Å².